The molecule has 8 nitrogen and oxygen atoms in total. The molecule has 5 N–H and O–H groups in total. The van der Waals surface area contributed by atoms with Crippen molar-refractivity contribution >= 4 is 24.7 Å². The monoisotopic (exact) mass is 543 g/mol. The number of hydrogen-bond acceptors (Lipinski definition) is 7. The summed E-state index contributed by atoms with van der Waals surface area (Å²) in [7, 11) is -2.31. The van der Waals surface area contributed by atoms with E-state index in [0.29, 0.717) is 13.0 Å². The molecule has 3 fully saturated rings. The van der Waals surface area contributed by atoms with Gasteiger partial charge in [0.2, 0.25) is 5.91 Å². The van der Waals surface area contributed by atoms with Crippen molar-refractivity contribution < 1.29 is 27.3 Å². The summed E-state index contributed by atoms with van der Waals surface area (Å²) in [5.74, 6) is -0.363. The first-order chi connectivity index (χ1) is 16.4. The molecule has 8 unspecified atom stereocenters. The summed E-state index contributed by atoms with van der Waals surface area (Å²) in [6.07, 6.45) is -0.891. The van der Waals surface area contributed by atoms with Crippen molar-refractivity contribution in [2.45, 2.75) is 99.0 Å². The molecule has 3 rings (SSSR count). The fraction of sp³-hybridized carbons (Fsp3) is 0.864. The Morgan fingerprint density at radius 2 is 1.86 bits per heavy atom. The molecule has 0 aromatic carbocycles. The highest BCUT2D eigenvalue weighted by molar-refractivity contribution is 7.63. The lowest BCUT2D eigenvalue weighted by Gasteiger charge is -2.44. The van der Waals surface area contributed by atoms with Gasteiger partial charge in [-0.2, -0.15) is 0 Å². The standard InChI is InChI=1S/C22H38ClF3N5O3P/c1-4-19(32)28-13-9-10-17(34-22(24,25)26)16(11-13)30-21-27-12-14(23)20(31-21)29-15-7-5-6-8-18(15)35(2,3)33/h4,13-18,20-21,27,29-31H,1,5-12H2,2-3H3,(H,28,32). The Bertz CT molecular complexity index is 786. The largest absolute Gasteiger partial charge is 0.522 e. The topological polar surface area (TPSA) is 104 Å². The first-order valence-electron chi connectivity index (χ1n) is 12.2. The molecule has 1 aliphatic heterocycles. The van der Waals surface area contributed by atoms with E-state index in [0.717, 1.165) is 31.8 Å². The summed E-state index contributed by atoms with van der Waals surface area (Å²) in [6, 6.07) is -0.917. The SMILES string of the molecule is C=CC(=O)NC1CCC(OC(F)(F)F)C(NC2NCC(Cl)C(NC3CCCCC3P(C)(C)=O)N2)C1. The third kappa shape index (κ3) is 8.69. The van der Waals surface area contributed by atoms with E-state index in [1.807, 2.05) is 13.3 Å². The molecule has 2 saturated carbocycles. The van der Waals surface area contributed by atoms with E-state index in [1.54, 1.807) is 0 Å². The molecule has 0 bridgehead atoms. The van der Waals surface area contributed by atoms with Crippen molar-refractivity contribution in [3.63, 3.8) is 0 Å². The maximum atomic E-state index is 13.0. The van der Waals surface area contributed by atoms with Crippen LogP contribution in [0.15, 0.2) is 12.7 Å². The van der Waals surface area contributed by atoms with Crippen molar-refractivity contribution in [2.75, 3.05) is 19.9 Å². The fourth-order valence-corrected chi connectivity index (χ4v) is 7.61. The molecule has 8 atom stereocenters. The number of ether oxygens (including phenoxy) is 1. The average molecular weight is 544 g/mol. The highest BCUT2D eigenvalue weighted by Gasteiger charge is 2.42. The maximum absolute atomic E-state index is 13.0. The Balaban J connectivity index is 1.66. The van der Waals surface area contributed by atoms with Crippen molar-refractivity contribution in [3.8, 4) is 0 Å². The Kier molecular flexibility index (Phi) is 10.1. The molecule has 0 radical (unpaired) electrons. The highest BCUT2D eigenvalue weighted by Crippen LogP contribution is 2.49. The highest BCUT2D eigenvalue weighted by atomic mass is 35.5. The first-order valence-corrected chi connectivity index (χ1v) is 15.3. The Morgan fingerprint density at radius 1 is 1.14 bits per heavy atom. The Labute approximate surface area is 210 Å². The van der Waals surface area contributed by atoms with Crippen LogP contribution in [0.1, 0.15) is 44.9 Å². The molecule has 202 valence electrons. The van der Waals surface area contributed by atoms with Gasteiger partial charge in [-0.3, -0.25) is 30.8 Å². The quantitative estimate of drug-likeness (QED) is 0.182. The second-order valence-electron chi connectivity index (χ2n) is 10.2. The number of alkyl halides is 4. The summed E-state index contributed by atoms with van der Waals surface area (Å²) in [6.45, 7) is 7.49. The lowest BCUT2D eigenvalue weighted by Crippen LogP contribution is -2.72. The minimum atomic E-state index is -4.76. The zero-order valence-electron chi connectivity index (χ0n) is 20.2. The van der Waals surface area contributed by atoms with Crippen molar-refractivity contribution in [3.05, 3.63) is 12.7 Å². The number of halogens is 4. The smallest absolute Gasteiger partial charge is 0.350 e. The molecule has 2 aliphatic carbocycles. The van der Waals surface area contributed by atoms with Gasteiger partial charge in [-0.1, -0.05) is 19.4 Å². The average Bonchev–Trinajstić information content (AvgIpc) is 2.76. The number of amides is 1. The van der Waals surface area contributed by atoms with Crippen LogP contribution < -0.4 is 26.6 Å². The molecule has 35 heavy (non-hydrogen) atoms. The number of hydrogen-bond donors (Lipinski definition) is 5. The van der Waals surface area contributed by atoms with Crippen molar-refractivity contribution in [2.24, 2.45) is 0 Å². The van der Waals surface area contributed by atoms with Crippen LogP contribution in [0.4, 0.5) is 13.2 Å². The van der Waals surface area contributed by atoms with Crippen LogP contribution in [0, 0.1) is 0 Å². The summed E-state index contributed by atoms with van der Waals surface area (Å²) in [5.41, 5.74) is 0.0698. The zero-order chi connectivity index (χ0) is 25.8. The van der Waals surface area contributed by atoms with E-state index in [2.05, 4.69) is 37.9 Å². The van der Waals surface area contributed by atoms with E-state index in [-0.39, 0.29) is 48.0 Å². The third-order valence-electron chi connectivity index (χ3n) is 7.13. The van der Waals surface area contributed by atoms with Gasteiger partial charge in [-0.15, -0.1) is 24.8 Å². The van der Waals surface area contributed by atoms with Crippen LogP contribution in [0.25, 0.3) is 0 Å². The Hall–Kier alpha value is -0.680. The van der Waals surface area contributed by atoms with Gasteiger partial charge >= 0.3 is 6.36 Å². The van der Waals surface area contributed by atoms with Gasteiger partial charge in [0.05, 0.1) is 24.8 Å². The van der Waals surface area contributed by atoms with Crippen molar-refractivity contribution in [1.29, 1.82) is 0 Å². The first kappa shape index (κ1) is 28.9. The second-order valence-corrected chi connectivity index (χ2v) is 14.3. The third-order valence-corrected chi connectivity index (χ3v) is 9.75. The Morgan fingerprint density at radius 3 is 2.51 bits per heavy atom. The number of nitrogens with one attached hydrogen (secondary N) is 5. The fourth-order valence-electron chi connectivity index (χ4n) is 5.47. The summed E-state index contributed by atoms with van der Waals surface area (Å²) in [4.78, 5) is 11.7. The molecule has 0 aromatic heterocycles. The normalized spacial score (nSPS) is 37.0. The molecule has 0 spiro atoms. The molecular formula is C22H38ClF3N5O3P. The predicted octanol–water partition coefficient (Wildman–Crippen LogP) is 2.64. The van der Waals surface area contributed by atoms with Crippen LogP contribution in [-0.4, -0.2) is 79.9 Å². The van der Waals surface area contributed by atoms with Crippen LogP contribution in [0.2, 0.25) is 0 Å². The van der Waals surface area contributed by atoms with Crippen molar-refractivity contribution in [1.82, 2.24) is 26.6 Å². The summed E-state index contributed by atoms with van der Waals surface area (Å²) >= 11 is 6.57. The molecule has 3 aliphatic rings. The lowest BCUT2D eigenvalue weighted by atomic mass is 9.88. The number of rotatable bonds is 8. The van der Waals surface area contributed by atoms with Crippen LogP contribution in [0.3, 0.4) is 0 Å². The van der Waals surface area contributed by atoms with Crippen LogP contribution in [0.5, 0.6) is 0 Å². The van der Waals surface area contributed by atoms with Crippen LogP contribution in [-0.2, 0) is 14.1 Å². The predicted molar refractivity (Wildman–Crippen MR) is 131 cm³/mol. The van der Waals surface area contributed by atoms with Gasteiger partial charge in [0.1, 0.15) is 6.29 Å². The summed E-state index contributed by atoms with van der Waals surface area (Å²) < 4.78 is 56.4. The molecule has 0 aromatic rings. The van der Waals surface area contributed by atoms with E-state index in [9.17, 15) is 22.5 Å². The minimum absolute atomic E-state index is 0.0524. The molecule has 1 amide bonds. The molecule has 1 heterocycles. The maximum Gasteiger partial charge on any atom is 0.522 e. The zero-order valence-corrected chi connectivity index (χ0v) is 21.9. The summed E-state index contributed by atoms with van der Waals surface area (Å²) in [5, 5.41) is 15.7. The van der Waals surface area contributed by atoms with E-state index in [4.69, 9.17) is 11.6 Å². The van der Waals surface area contributed by atoms with Gasteiger partial charge in [0.15, 0.2) is 0 Å². The molecule has 13 heteroatoms. The number of carbonyl (C=O) groups is 1. The van der Waals surface area contributed by atoms with Gasteiger partial charge < -0.3 is 9.88 Å². The van der Waals surface area contributed by atoms with Crippen LogP contribution >= 0.6 is 18.7 Å². The molecule has 1 saturated heterocycles. The van der Waals surface area contributed by atoms with E-state index < -0.39 is 31.9 Å². The van der Waals surface area contributed by atoms with Gasteiger partial charge in [-0.05, 0) is 51.5 Å². The van der Waals surface area contributed by atoms with Gasteiger partial charge in [-0.25, -0.2) is 0 Å². The molecular weight excluding hydrogens is 506 g/mol. The van der Waals surface area contributed by atoms with E-state index in [1.165, 1.54) is 0 Å². The lowest BCUT2D eigenvalue weighted by molar-refractivity contribution is -0.348. The minimum Gasteiger partial charge on any atom is -0.350 e. The second kappa shape index (κ2) is 12.2. The van der Waals surface area contributed by atoms with Gasteiger partial charge in [0, 0.05) is 30.3 Å². The van der Waals surface area contributed by atoms with Gasteiger partial charge in [0.25, 0.3) is 0 Å². The van der Waals surface area contributed by atoms with E-state index >= 15 is 0 Å². The number of carbonyl (C=O) groups excluding carboxylic acids is 1.